The van der Waals surface area contributed by atoms with Crippen LogP contribution in [0.25, 0.3) is 0 Å². The van der Waals surface area contributed by atoms with E-state index >= 15 is 0 Å². The third kappa shape index (κ3) is 2.50. The molecule has 0 spiro atoms. The minimum Gasteiger partial charge on any atom is -0.365 e. The van der Waals surface area contributed by atoms with Crippen molar-refractivity contribution in [2.24, 2.45) is 5.10 Å². The number of carbonyl (C=O) groups is 1. The van der Waals surface area contributed by atoms with Gasteiger partial charge in [-0.05, 0) is 19.1 Å². The highest BCUT2D eigenvalue weighted by molar-refractivity contribution is 6.35. The molecule has 1 N–H and O–H groups in total. The van der Waals surface area contributed by atoms with Crippen LogP contribution in [0.4, 0.5) is 0 Å². The first-order chi connectivity index (χ1) is 9.38. The highest BCUT2D eigenvalue weighted by atomic mass is 35.5. The van der Waals surface area contributed by atoms with Crippen LogP contribution in [0.1, 0.15) is 25.3 Å². The van der Waals surface area contributed by atoms with E-state index in [-0.39, 0.29) is 17.9 Å². The quantitative estimate of drug-likeness (QED) is 0.912. The lowest BCUT2D eigenvalue weighted by atomic mass is 9.97. The van der Waals surface area contributed by atoms with Gasteiger partial charge in [0, 0.05) is 22.7 Å². The van der Waals surface area contributed by atoms with Gasteiger partial charge in [0.25, 0.3) is 5.91 Å². The first-order valence-corrected chi connectivity index (χ1v) is 6.56. The third-order valence-corrected chi connectivity index (χ3v) is 3.50. The lowest BCUT2D eigenvalue weighted by molar-refractivity contribution is -0.156. The number of nitriles is 1. The largest absolute Gasteiger partial charge is 0.365 e. The maximum Gasteiger partial charge on any atom is 0.259 e. The zero-order chi connectivity index (χ0) is 14.9. The van der Waals surface area contributed by atoms with Crippen LogP contribution >= 0.6 is 23.2 Å². The van der Waals surface area contributed by atoms with Crippen molar-refractivity contribution in [3.8, 4) is 6.07 Å². The number of rotatable bonds is 2. The highest BCUT2D eigenvalue weighted by Crippen LogP contribution is 2.39. The minimum absolute atomic E-state index is 0.130. The molecule has 0 aromatic heterocycles. The Labute approximate surface area is 126 Å². The molecule has 1 atom stereocenters. The molecule has 104 valence electrons. The predicted octanol–water partition coefficient (Wildman–Crippen LogP) is 2.66. The smallest absolute Gasteiger partial charge is 0.259 e. The molecule has 0 bridgehead atoms. The summed E-state index contributed by atoms with van der Waals surface area (Å²) >= 11 is 11.9. The summed E-state index contributed by atoms with van der Waals surface area (Å²) in [7, 11) is 0. The number of amides is 1. The Morgan fingerprint density at radius 1 is 1.60 bits per heavy atom. The Bertz CT molecular complexity index is 639. The van der Waals surface area contributed by atoms with E-state index in [1.807, 2.05) is 0 Å². The molecule has 1 aromatic carbocycles. The van der Waals surface area contributed by atoms with Crippen LogP contribution in [0.2, 0.25) is 10.0 Å². The van der Waals surface area contributed by atoms with Crippen LogP contribution in [0.3, 0.4) is 0 Å². The van der Waals surface area contributed by atoms with Gasteiger partial charge in [-0.25, -0.2) is 0 Å². The maximum absolute atomic E-state index is 11.9. The summed E-state index contributed by atoms with van der Waals surface area (Å²) in [5.74, 6) is -0.585. The van der Waals surface area contributed by atoms with E-state index in [2.05, 4.69) is 5.10 Å². The van der Waals surface area contributed by atoms with Crippen molar-refractivity contribution in [1.29, 1.82) is 5.26 Å². The molecular weight excluding hydrogens is 301 g/mol. The predicted molar refractivity (Wildman–Crippen MR) is 75.2 cm³/mol. The maximum atomic E-state index is 11.9. The fourth-order valence-electron chi connectivity index (χ4n) is 2.15. The number of hydrazone groups is 1. The van der Waals surface area contributed by atoms with Crippen molar-refractivity contribution in [3.63, 3.8) is 0 Å². The molecular formula is C13H11Cl2N3O2. The second-order valence-corrected chi connectivity index (χ2v) is 5.34. The molecule has 0 aliphatic carbocycles. The van der Waals surface area contributed by atoms with Gasteiger partial charge in [0.1, 0.15) is 6.42 Å². The zero-order valence-corrected chi connectivity index (χ0v) is 12.1. The van der Waals surface area contributed by atoms with Crippen LogP contribution in [-0.2, 0) is 10.5 Å². The molecule has 7 heteroatoms. The second-order valence-electron chi connectivity index (χ2n) is 4.49. The Balaban J connectivity index is 2.47. The van der Waals surface area contributed by atoms with Crippen molar-refractivity contribution in [3.05, 3.63) is 33.8 Å². The monoisotopic (exact) mass is 311 g/mol. The molecule has 1 aromatic rings. The average Bonchev–Trinajstić information content (AvgIpc) is 2.65. The Morgan fingerprint density at radius 2 is 2.30 bits per heavy atom. The summed E-state index contributed by atoms with van der Waals surface area (Å²) < 4.78 is 0. The molecule has 0 saturated heterocycles. The van der Waals surface area contributed by atoms with Gasteiger partial charge in [-0.1, -0.05) is 29.3 Å². The molecule has 1 heterocycles. The van der Waals surface area contributed by atoms with Crippen molar-refractivity contribution in [1.82, 2.24) is 5.01 Å². The number of nitrogens with zero attached hydrogens (tertiary/aromatic N) is 3. The normalized spacial score (nSPS) is 21.6. The summed E-state index contributed by atoms with van der Waals surface area (Å²) in [6.07, 6.45) is -0.240. The number of benzene rings is 1. The van der Waals surface area contributed by atoms with E-state index in [1.54, 1.807) is 25.1 Å². The van der Waals surface area contributed by atoms with E-state index in [9.17, 15) is 9.90 Å². The van der Waals surface area contributed by atoms with Gasteiger partial charge < -0.3 is 5.11 Å². The lowest BCUT2D eigenvalue weighted by Gasteiger charge is -2.31. The minimum atomic E-state index is -1.68. The number of hydrogen-bond acceptors (Lipinski definition) is 4. The van der Waals surface area contributed by atoms with Crippen molar-refractivity contribution < 1.29 is 9.90 Å². The van der Waals surface area contributed by atoms with Gasteiger partial charge in [0.05, 0.1) is 11.1 Å². The second kappa shape index (κ2) is 5.41. The van der Waals surface area contributed by atoms with E-state index in [1.165, 1.54) is 6.07 Å². The average molecular weight is 312 g/mol. The van der Waals surface area contributed by atoms with Crippen LogP contribution in [-0.4, -0.2) is 21.7 Å². The Morgan fingerprint density at radius 3 is 2.90 bits per heavy atom. The van der Waals surface area contributed by atoms with E-state index in [4.69, 9.17) is 28.5 Å². The molecule has 0 radical (unpaired) electrons. The van der Waals surface area contributed by atoms with Gasteiger partial charge >= 0.3 is 0 Å². The SMILES string of the molecule is CC1=NN(C(=O)CC#N)[C@](O)(c2ccc(Cl)cc2Cl)C1. The van der Waals surface area contributed by atoms with Crippen molar-refractivity contribution in [2.75, 3.05) is 0 Å². The fraction of sp³-hybridized carbons (Fsp3) is 0.308. The molecule has 5 nitrogen and oxygen atoms in total. The molecule has 0 saturated carbocycles. The van der Waals surface area contributed by atoms with Crippen LogP contribution in [0.5, 0.6) is 0 Å². The van der Waals surface area contributed by atoms with E-state index < -0.39 is 11.6 Å². The van der Waals surface area contributed by atoms with Gasteiger partial charge in [-0.2, -0.15) is 15.4 Å². The standard InChI is InChI=1S/C13H11Cl2N3O2/c1-8-7-13(20,18(17-8)12(19)4-5-16)10-3-2-9(14)6-11(10)15/h2-3,6,20H,4,7H2,1H3/t13-/m1/s1. The molecule has 1 amide bonds. The van der Waals surface area contributed by atoms with Gasteiger partial charge in [-0.15, -0.1) is 0 Å². The zero-order valence-electron chi connectivity index (χ0n) is 10.6. The molecule has 0 unspecified atom stereocenters. The van der Waals surface area contributed by atoms with Gasteiger partial charge in [0.2, 0.25) is 0 Å². The lowest BCUT2D eigenvalue weighted by Crippen LogP contribution is -2.43. The van der Waals surface area contributed by atoms with E-state index in [0.29, 0.717) is 16.3 Å². The fourth-order valence-corrected chi connectivity index (χ4v) is 2.71. The summed E-state index contributed by atoms with van der Waals surface area (Å²) in [6.45, 7) is 1.69. The van der Waals surface area contributed by atoms with Crippen LogP contribution in [0, 0.1) is 11.3 Å². The first-order valence-electron chi connectivity index (χ1n) is 5.80. The summed E-state index contributed by atoms with van der Waals surface area (Å²) in [4.78, 5) is 11.9. The molecule has 2 rings (SSSR count). The van der Waals surface area contributed by atoms with Gasteiger partial charge in [0.15, 0.2) is 5.72 Å². The van der Waals surface area contributed by atoms with E-state index in [0.717, 1.165) is 5.01 Å². The van der Waals surface area contributed by atoms with Crippen LogP contribution < -0.4 is 0 Å². The Kier molecular flexibility index (Phi) is 4.00. The molecule has 1 aliphatic heterocycles. The highest BCUT2D eigenvalue weighted by Gasteiger charge is 2.45. The number of halogens is 2. The van der Waals surface area contributed by atoms with Crippen LogP contribution in [0.15, 0.2) is 23.3 Å². The summed E-state index contributed by atoms with van der Waals surface area (Å²) in [5.41, 5.74) is -0.778. The molecule has 0 fully saturated rings. The van der Waals surface area contributed by atoms with Crippen molar-refractivity contribution in [2.45, 2.75) is 25.5 Å². The first kappa shape index (κ1) is 14.8. The third-order valence-electron chi connectivity index (χ3n) is 2.95. The number of hydrogen-bond donors (Lipinski definition) is 1. The van der Waals surface area contributed by atoms with Gasteiger partial charge in [-0.3, -0.25) is 4.79 Å². The number of aliphatic hydroxyl groups is 1. The topological polar surface area (TPSA) is 76.7 Å². The summed E-state index contributed by atoms with van der Waals surface area (Å²) in [5, 5.41) is 25.0. The number of carbonyl (C=O) groups excluding carboxylic acids is 1. The summed E-state index contributed by atoms with van der Waals surface area (Å²) in [6, 6.07) is 6.35. The Hall–Kier alpha value is -1.61. The van der Waals surface area contributed by atoms with Crippen molar-refractivity contribution >= 4 is 34.8 Å². The molecule has 20 heavy (non-hydrogen) atoms. The molecule has 1 aliphatic rings.